The molecule has 2 unspecified atom stereocenters. The van der Waals surface area contributed by atoms with Gasteiger partial charge in [-0.05, 0) is 31.9 Å². The number of carbonyl (C=O) groups excluding carboxylic acids is 1. The number of likely N-dealkylation sites (tertiary alicyclic amines) is 1. The van der Waals surface area contributed by atoms with Crippen LogP contribution in [0.5, 0.6) is 0 Å². The molecule has 0 saturated carbocycles. The molecular weight excluding hydrogens is 238 g/mol. The maximum Gasteiger partial charge on any atom is 0.255 e. The van der Waals surface area contributed by atoms with E-state index in [2.05, 4.69) is 17.2 Å². The number of nitrogens with two attached hydrogens (primary N) is 1. The van der Waals surface area contributed by atoms with Crippen LogP contribution in [0.2, 0.25) is 0 Å². The smallest absolute Gasteiger partial charge is 0.255 e. The predicted octanol–water partition coefficient (Wildman–Crippen LogP) is 1.98. The minimum atomic E-state index is -0.278. The SMILES string of the molecule is CC1CCCCCN1C(C(=O)NN)c1ccccc1. The second-order valence-corrected chi connectivity index (χ2v) is 5.26. The Morgan fingerprint density at radius 3 is 2.74 bits per heavy atom. The van der Waals surface area contributed by atoms with Gasteiger partial charge in [0.1, 0.15) is 6.04 Å². The number of rotatable bonds is 3. The van der Waals surface area contributed by atoms with E-state index in [0.717, 1.165) is 24.9 Å². The molecule has 1 amide bonds. The summed E-state index contributed by atoms with van der Waals surface area (Å²) in [4.78, 5) is 14.5. The van der Waals surface area contributed by atoms with Crippen LogP contribution in [0.15, 0.2) is 30.3 Å². The first-order chi connectivity index (χ1) is 9.24. The molecule has 2 atom stereocenters. The minimum absolute atomic E-state index is 0.125. The van der Waals surface area contributed by atoms with Crippen LogP contribution in [0.25, 0.3) is 0 Å². The lowest BCUT2D eigenvalue weighted by molar-refractivity contribution is -0.127. The van der Waals surface area contributed by atoms with E-state index >= 15 is 0 Å². The van der Waals surface area contributed by atoms with Gasteiger partial charge in [-0.25, -0.2) is 5.84 Å². The second kappa shape index (κ2) is 6.68. The number of amides is 1. The van der Waals surface area contributed by atoms with Gasteiger partial charge in [0.25, 0.3) is 5.91 Å². The van der Waals surface area contributed by atoms with Gasteiger partial charge in [0.05, 0.1) is 0 Å². The van der Waals surface area contributed by atoms with E-state index in [1.54, 1.807) is 0 Å². The zero-order valence-electron chi connectivity index (χ0n) is 11.5. The molecule has 4 nitrogen and oxygen atoms in total. The molecule has 1 heterocycles. The van der Waals surface area contributed by atoms with Crippen LogP contribution < -0.4 is 11.3 Å². The highest BCUT2D eigenvalue weighted by Gasteiger charge is 2.31. The molecule has 0 radical (unpaired) electrons. The third-order valence-electron chi connectivity index (χ3n) is 3.94. The van der Waals surface area contributed by atoms with Crippen LogP contribution in [0.3, 0.4) is 0 Å². The summed E-state index contributed by atoms with van der Waals surface area (Å²) < 4.78 is 0. The second-order valence-electron chi connectivity index (χ2n) is 5.26. The lowest BCUT2D eigenvalue weighted by Gasteiger charge is -2.34. The van der Waals surface area contributed by atoms with Gasteiger partial charge < -0.3 is 0 Å². The molecule has 104 valence electrons. The summed E-state index contributed by atoms with van der Waals surface area (Å²) in [6.07, 6.45) is 4.77. The zero-order valence-corrected chi connectivity index (χ0v) is 11.5. The Labute approximate surface area is 114 Å². The summed E-state index contributed by atoms with van der Waals surface area (Å²) in [5.74, 6) is 5.25. The summed E-state index contributed by atoms with van der Waals surface area (Å²) in [6.45, 7) is 3.15. The van der Waals surface area contributed by atoms with E-state index in [9.17, 15) is 4.79 Å². The Hall–Kier alpha value is -1.39. The molecule has 1 aliphatic rings. The van der Waals surface area contributed by atoms with Crippen molar-refractivity contribution in [3.05, 3.63) is 35.9 Å². The Morgan fingerprint density at radius 2 is 2.05 bits per heavy atom. The maximum absolute atomic E-state index is 12.2. The minimum Gasteiger partial charge on any atom is -0.293 e. The van der Waals surface area contributed by atoms with E-state index < -0.39 is 0 Å². The molecule has 3 N–H and O–H groups in total. The van der Waals surface area contributed by atoms with Crippen molar-refractivity contribution in [2.75, 3.05) is 6.54 Å². The van der Waals surface area contributed by atoms with Gasteiger partial charge in [0.15, 0.2) is 0 Å². The normalized spacial score (nSPS) is 22.5. The van der Waals surface area contributed by atoms with Crippen molar-refractivity contribution in [2.24, 2.45) is 5.84 Å². The summed E-state index contributed by atoms with van der Waals surface area (Å²) >= 11 is 0. The fraction of sp³-hybridized carbons (Fsp3) is 0.533. The van der Waals surface area contributed by atoms with Crippen LogP contribution in [-0.4, -0.2) is 23.4 Å². The largest absolute Gasteiger partial charge is 0.293 e. The van der Waals surface area contributed by atoms with E-state index in [1.807, 2.05) is 30.3 Å². The van der Waals surface area contributed by atoms with Gasteiger partial charge in [0.2, 0.25) is 0 Å². The molecule has 0 spiro atoms. The number of nitrogens with zero attached hydrogens (tertiary/aromatic N) is 1. The molecule has 0 aromatic heterocycles. The highest BCUT2D eigenvalue weighted by Crippen LogP contribution is 2.28. The Balaban J connectivity index is 2.29. The van der Waals surface area contributed by atoms with Gasteiger partial charge in [-0.2, -0.15) is 0 Å². The van der Waals surface area contributed by atoms with Crippen molar-refractivity contribution in [1.29, 1.82) is 0 Å². The van der Waals surface area contributed by atoms with Gasteiger partial charge in [-0.1, -0.05) is 43.2 Å². The molecular formula is C15H23N3O. The molecule has 1 saturated heterocycles. The van der Waals surface area contributed by atoms with Crippen LogP contribution in [0.1, 0.15) is 44.2 Å². The van der Waals surface area contributed by atoms with Crippen molar-refractivity contribution in [3.8, 4) is 0 Å². The first-order valence-electron chi connectivity index (χ1n) is 7.05. The van der Waals surface area contributed by atoms with Gasteiger partial charge in [-0.15, -0.1) is 0 Å². The highest BCUT2D eigenvalue weighted by molar-refractivity contribution is 5.82. The van der Waals surface area contributed by atoms with Crippen LogP contribution in [0.4, 0.5) is 0 Å². The number of nitrogens with one attached hydrogen (secondary N) is 1. The molecule has 0 aliphatic carbocycles. The van der Waals surface area contributed by atoms with Crippen LogP contribution in [-0.2, 0) is 4.79 Å². The Morgan fingerprint density at radius 1 is 1.32 bits per heavy atom. The molecule has 4 heteroatoms. The fourth-order valence-corrected chi connectivity index (χ4v) is 2.89. The van der Waals surface area contributed by atoms with Crippen LogP contribution in [0, 0.1) is 0 Å². The summed E-state index contributed by atoms with van der Waals surface area (Å²) in [5, 5.41) is 0. The van der Waals surface area contributed by atoms with Crippen molar-refractivity contribution < 1.29 is 4.79 Å². The van der Waals surface area contributed by atoms with Crippen molar-refractivity contribution in [3.63, 3.8) is 0 Å². The molecule has 1 aromatic carbocycles. The monoisotopic (exact) mass is 261 g/mol. The van der Waals surface area contributed by atoms with Gasteiger partial charge >= 0.3 is 0 Å². The van der Waals surface area contributed by atoms with Crippen molar-refractivity contribution in [2.45, 2.75) is 44.7 Å². The number of hydrogen-bond acceptors (Lipinski definition) is 3. The maximum atomic E-state index is 12.2. The summed E-state index contributed by atoms with van der Waals surface area (Å²) in [5.41, 5.74) is 3.33. The van der Waals surface area contributed by atoms with E-state index in [-0.39, 0.29) is 11.9 Å². The molecule has 2 rings (SSSR count). The molecule has 1 aromatic rings. The average molecular weight is 261 g/mol. The lowest BCUT2D eigenvalue weighted by Crippen LogP contribution is -2.46. The summed E-state index contributed by atoms with van der Waals surface area (Å²) in [6, 6.07) is 10.0. The molecule has 1 fully saturated rings. The fourth-order valence-electron chi connectivity index (χ4n) is 2.89. The standard InChI is InChI=1S/C15H23N3O/c1-12-8-4-3-7-11-18(12)14(15(19)17-16)13-9-5-2-6-10-13/h2,5-6,9-10,12,14H,3-4,7-8,11,16H2,1H3,(H,17,19). The predicted molar refractivity (Wildman–Crippen MR) is 76.1 cm³/mol. The number of hydrogen-bond donors (Lipinski definition) is 2. The zero-order chi connectivity index (χ0) is 13.7. The Kier molecular flexibility index (Phi) is 4.93. The van der Waals surface area contributed by atoms with Gasteiger partial charge in [0, 0.05) is 6.04 Å². The van der Waals surface area contributed by atoms with Gasteiger partial charge in [-0.3, -0.25) is 15.1 Å². The number of hydrazine groups is 1. The third kappa shape index (κ3) is 3.33. The number of benzene rings is 1. The molecule has 1 aliphatic heterocycles. The lowest BCUT2D eigenvalue weighted by atomic mass is 10.0. The third-order valence-corrected chi connectivity index (χ3v) is 3.94. The van der Waals surface area contributed by atoms with E-state index in [0.29, 0.717) is 6.04 Å². The molecule has 0 bridgehead atoms. The molecule has 19 heavy (non-hydrogen) atoms. The summed E-state index contributed by atoms with van der Waals surface area (Å²) in [7, 11) is 0. The van der Waals surface area contributed by atoms with Crippen molar-refractivity contribution in [1.82, 2.24) is 10.3 Å². The van der Waals surface area contributed by atoms with Crippen molar-refractivity contribution >= 4 is 5.91 Å². The van der Waals surface area contributed by atoms with Crippen LogP contribution >= 0.6 is 0 Å². The number of carbonyl (C=O) groups is 1. The topological polar surface area (TPSA) is 58.4 Å². The first-order valence-corrected chi connectivity index (χ1v) is 7.05. The first kappa shape index (κ1) is 14.0. The van der Waals surface area contributed by atoms with E-state index in [1.165, 1.54) is 12.8 Å². The van der Waals surface area contributed by atoms with E-state index in [4.69, 9.17) is 5.84 Å². The quantitative estimate of drug-likeness (QED) is 0.497. The average Bonchev–Trinajstić information content (AvgIpc) is 2.66. The highest BCUT2D eigenvalue weighted by atomic mass is 16.2. The Bertz CT molecular complexity index is 407.